The van der Waals surface area contributed by atoms with Crippen LogP contribution in [-0.2, 0) is 4.74 Å². The molecule has 1 saturated heterocycles. The van der Waals surface area contributed by atoms with Crippen molar-refractivity contribution < 1.29 is 9.66 Å². The van der Waals surface area contributed by atoms with E-state index in [1.54, 1.807) is 12.1 Å². The summed E-state index contributed by atoms with van der Waals surface area (Å²) in [5.41, 5.74) is 6.83. The molecular formula is C14H22N4O3. The highest BCUT2D eigenvalue weighted by Gasteiger charge is 2.27. The summed E-state index contributed by atoms with van der Waals surface area (Å²) in [5.74, 6) is 0. The van der Waals surface area contributed by atoms with Crippen LogP contribution in [0.5, 0.6) is 0 Å². The number of nitro groups is 1. The first kappa shape index (κ1) is 15.5. The second kappa shape index (κ2) is 6.28. The number of anilines is 2. The van der Waals surface area contributed by atoms with Crippen LogP contribution >= 0.6 is 0 Å². The van der Waals surface area contributed by atoms with E-state index in [0.29, 0.717) is 6.61 Å². The average Bonchev–Trinajstić information content (AvgIpc) is 2.39. The van der Waals surface area contributed by atoms with Gasteiger partial charge in [-0.05, 0) is 33.2 Å². The molecule has 1 aromatic carbocycles. The molecule has 1 heterocycles. The van der Waals surface area contributed by atoms with Gasteiger partial charge in [0.05, 0.1) is 17.6 Å². The predicted molar refractivity (Wildman–Crippen MR) is 82.6 cm³/mol. The molecule has 0 saturated carbocycles. The Labute approximate surface area is 124 Å². The molecule has 0 spiro atoms. The first-order valence-electron chi connectivity index (χ1n) is 6.95. The van der Waals surface area contributed by atoms with Crippen molar-refractivity contribution in [1.29, 1.82) is 0 Å². The molecule has 0 radical (unpaired) electrons. The number of likely N-dealkylation sites (N-methyl/N-ethyl adjacent to an activating group) is 1. The smallest absolute Gasteiger partial charge is 0.292 e. The number of nitro benzene ring substituents is 1. The monoisotopic (exact) mass is 294 g/mol. The fourth-order valence-electron chi connectivity index (χ4n) is 2.58. The van der Waals surface area contributed by atoms with E-state index in [0.717, 1.165) is 18.8 Å². The Morgan fingerprint density at radius 2 is 2.24 bits per heavy atom. The molecule has 7 heteroatoms. The largest absolute Gasteiger partial charge is 0.393 e. The fraction of sp³-hybridized carbons (Fsp3) is 0.571. The topological polar surface area (TPSA) is 84.9 Å². The van der Waals surface area contributed by atoms with E-state index in [9.17, 15) is 10.1 Å². The molecule has 7 nitrogen and oxygen atoms in total. The van der Waals surface area contributed by atoms with Gasteiger partial charge in [0.1, 0.15) is 5.69 Å². The molecule has 0 aromatic heterocycles. The number of nitrogen functional groups attached to an aromatic ring is 1. The molecule has 0 bridgehead atoms. The standard InChI is InChI=1S/C14H22N4O3/c1-10-9-21-12(7-16(2)3)8-17(10)11-4-5-14(18(19)20)13(15)6-11/h4-6,10,12H,7-9,15H2,1-3H3/t10-,12?/m1/s1. The average molecular weight is 294 g/mol. The molecule has 1 aromatic rings. The summed E-state index contributed by atoms with van der Waals surface area (Å²) in [6, 6.07) is 5.10. The van der Waals surface area contributed by atoms with Crippen molar-refractivity contribution in [3.63, 3.8) is 0 Å². The number of hydrogen-bond donors (Lipinski definition) is 1. The summed E-state index contributed by atoms with van der Waals surface area (Å²) in [7, 11) is 4.02. The van der Waals surface area contributed by atoms with Gasteiger partial charge in [0, 0.05) is 30.9 Å². The lowest BCUT2D eigenvalue weighted by molar-refractivity contribution is -0.383. The maximum absolute atomic E-state index is 10.8. The van der Waals surface area contributed by atoms with Crippen molar-refractivity contribution in [1.82, 2.24) is 4.90 Å². The lowest BCUT2D eigenvalue weighted by Crippen LogP contribution is -2.51. The lowest BCUT2D eigenvalue weighted by Gasteiger charge is -2.40. The summed E-state index contributed by atoms with van der Waals surface area (Å²) in [6.07, 6.45) is 0.118. The number of nitrogens with zero attached hydrogens (tertiary/aromatic N) is 3. The van der Waals surface area contributed by atoms with Gasteiger partial charge in [-0.3, -0.25) is 10.1 Å². The van der Waals surface area contributed by atoms with Gasteiger partial charge in [0.25, 0.3) is 5.69 Å². The molecule has 2 N–H and O–H groups in total. The molecule has 2 atom stereocenters. The van der Waals surface area contributed by atoms with Crippen LogP contribution in [0.4, 0.5) is 17.1 Å². The Bertz CT molecular complexity index is 521. The lowest BCUT2D eigenvalue weighted by atomic mass is 10.1. The Morgan fingerprint density at radius 3 is 2.81 bits per heavy atom. The van der Waals surface area contributed by atoms with Crippen LogP contribution in [0.25, 0.3) is 0 Å². The molecule has 116 valence electrons. The van der Waals surface area contributed by atoms with Gasteiger partial charge >= 0.3 is 0 Å². The third-order valence-electron chi connectivity index (χ3n) is 3.61. The van der Waals surface area contributed by atoms with Gasteiger partial charge in [-0.25, -0.2) is 0 Å². The molecular weight excluding hydrogens is 272 g/mol. The van der Waals surface area contributed by atoms with Gasteiger partial charge in [-0.1, -0.05) is 0 Å². The Kier molecular flexibility index (Phi) is 4.64. The number of ether oxygens (including phenoxy) is 1. The van der Waals surface area contributed by atoms with E-state index in [1.807, 2.05) is 14.1 Å². The highest BCUT2D eigenvalue weighted by Crippen LogP contribution is 2.29. The zero-order valence-electron chi connectivity index (χ0n) is 12.7. The molecule has 1 aliphatic heterocycles. The normalized spacial score (nSPS) is 22.6. The Hall–Kier alpha value is -1.86. The zero-order valence-corrected chi connectivity index (χ0v) is 12.7. The first-order valence-corrected chi connectivity index (χ1v) is 6.95. The van der Waals surface area contributed by atoms with Crippen molar-refractivity contribution in [2.24, 2.45) is 0 Å². The molecule has 0 amide bonds. The van der Waals surface area contributed by atoms with E-state index in [2.05, 4.69) is 16.7 Å². The second-order valence-electron chi connectivity index (χ2n) is 5.72. The van der Waals surface area contributed by atoms with E-state index < -0.39 is 4.92 Å². The van der Waals surface area contributed by atoms with Crippen molar-refractivity contribution >= 4 is 17.1 Å². The van der Waals surface area contributed by atoms with Crippen molar-refractivity contribution in [2.75, 3.05) is 44.4 Å². The van der Waals surface area contributed by atoms with E-state index in [-0.39, 0.29) is 23.5 Å². The van der Waals surface area contributed by atoms with E-state index >= 15 is 0 Å². The zero-order chi connectivity index (χ0) is 15.6. The number of rotatable bonds is 4. The number of benzene rings is 1. The maximum Gasteiger partial charge on any atom is 0.292 e. The summed E-state index contributed by atoms with van der Waals surface area (Å²) < 4.78 is 5.82. The van der Waals surface area contributed by atoms with Crippen molar-refractivity contribution in [2.45, 2.75) is 19.1 Å². The Balaban J connectivity index is 2.18. The summed E-state index contributed by atoms with van der Waals surface area (Å²) >= 11 is 0. The summed E-state index contributed by atoms with van der Waals surface area (Å²) in [6.45, 7) is 4.29. The van der Waals surface area contributed by atoms with E-state index in [1.165, 1.54) is 6.07 Å². The predicted octanol–water partition coefficient (Wildman–Crippen LogP) is 1.33. The first-order chi connectivity index (χ1) is 9.88. The minimum Gasteiger partial charge on any atom is -0.393 e. The minimum atomic E-state index is -0.462. The van der Waals surface area contributed by atoms with Gasteiger partial charge in [0.2, 0.25) is 0 Å². The number of hydrogen-bond acceptors (Lipinski definition) is 6. The van der Waals surface area contributed by atoms with Crippen LogP contribution in [0, 0.1) is 10.1 Å². The highest BCUT2D eigenvalue weighted by molar-refractivity contribution is 5.67. The van der Waals surface area contributed by atoms with Crippen LogP contribution < -0.4 is 10.6 Å². The highest BCUT2D eigenvalue weighted by atomic mass is 16.6. The molecule has 1 fully saturated rings. The number of nitrogens with two attached hydrogens (primary N) is 1. The third kappa shape index (κ3) is 3.62. The molecule has 1 unspecified atom stereocenters. The van der Waals surface area contributed by atoms with Gasteiger partial charge in [0.15, 0.2) is 0 Å². The van der Waals surface area contributed by atoms with Gasteiger partial charge < -0.3 is 20.3 Å². The van der Waals surface area contributed by atoms with Crippen LogP contribution in [0.1, 0.15) is 6.92 Å². The van der Waals surface area contributed by atoms with E-state index in [4.69, 9.17) is 10.5 Å². The van der Waals surface area contributed by atoms with Crippen LogP contribution in [0.3, 0.4) is 0 Å². The van der Waals surface area contributed by atoms with Crippen molar-refractivity contribution in [3.05, 3.63) is 28.3 Å². The molecule has 2 rings (SSSR count). The van der Waals surface area contributed by atoms with Crippen molar-refractivity contribution in [3.8, 4) is 0 Å². The Morgan fingerprint density at radius 1 is 1.52 bits per heavy atom. The maximum atomic E-state index is 10.8. The van der Waals surface area contributed by atoms with Gasteiger partial charge in [-0.15, -0.1) is 0 Å². The number of morpholine rings is 1. The molecule has 21 heavy (non-hydrogen) atoms. The molecule has 1 aliphatic rings. The summed E-state index contributed by atoms with van der Waals surface area (Å²) in [5, 5.41) is 10.8. The SMILES string of the molecule is C[C@@H]1COC(CN(C)C)CN1c1ccc([N+](=O)[O-])c(N)c1. The quantitative estimate of drug-likeness (QED) is 0.512. The fourth-order valence-corrected chi connectivity index (χ4v) is 2.58. The second-order valence-corrected chi connectivity index (χ2v) is 5.72. The van der Waals surface area contributed by atoms with Gasteiger partial charge in [-0.2, -0.15) is 0 Å². The van der Waals surface area contributed by atoms with Crippen LogP contribution in [-0.4, -0.2) is 55.8 Å². The molecule has 0 aliphatic carbocycles. The minimum absolute atomic E-state index is 0.0514. The summed E-state index contributed by atoms with van der Waals surface area (Å²) in [4.78, 5) is 14.7. The van der Waals surface area contributed by atoms with Crippen LogP contribution in [0.15, 0.2) is 18.2 Å². The third-order valence-corrected chi connectivity index (χ3v) is 3.61. The van der Waals surface area contributed by atoms with Crippen LogP contribution in [0.2, 0.25) is 0 Å².